The van der Waals surface area contributed by atoms with Crippen molar-refractivity contribution in [2.45, 2.75) is 24.3 Å². The molecule has 3 N–H and O–H groups in total. The minimum absolute atomic E-state index is 0.0564. The summed E-state index contributed by atoms with van der Waals surface area (Å²) in [6, 6.07) is 0. The van der Waals surface area contributed by atoms with Gasteiger partial charge in [-0.3, -0.25) is 5.43 Å². The predicted octanol–water partition coefficient (Wildman–Crippen LogP) is -0.192. The fourth-order valence-corrected chi connectivity index (χ4v) is 3.56. The number of hydrogen-bond acceptors (Lipinski definition) is 7. The highest BCUT2D eigenvalue weighted by atomic mass is 32.2. The number of nitrogens with zero attached hydrogens (tertiary/aromatic N) is 3. The number of rotatable bonds is 4. The summed E-state index contributed by atoms with van der Waals surface area (Å²) in [5, 5.41) is 0. The minimum atomic E-state index is -3.59. The maximum absolute atomic E-state index is 12.5. The number of methoxy groups -OCH3 is 1. The number of nitrogens with two attached hydrogens (primary N) is 1. The van der Waals surface area contributed by atoms with E-state index in [1.165, 1.54) is 16.7 Å². The van der Waals surface area contributed by atoms with Gasteiger partial charge in [0.15, 0.2) is 0 Å². The van der Waals surface area contributed by atoms with Gasteiger partial charge in [0.1, 0.15) is 4.90 Å². The molecule has 0 radical (unpaired) electrons. The summed E-state index contributed by atoms with van der Waals surface area (Å²) in [6.07, 6.45) is 3.17. The van der Waals surface area contributed by atoms with E-state index in [1.54, 1.807) is 7.11 Å². The molecule has 0 bridgehead atoms. The van der Waals surface area contributed by atoms with Crippen LogP contribution in [0.5, 0.6) is 0 Å². The van der Waals surface area contributed by atoms with Crippen molar-refractivity contribution in [3.8, 4) is 0 Å². The molecule has 1 aromatic heterocycles. The van der Waals surface area contributed by atoms with E-state index < -0.39 is 10.0 Å². The third-order valence-corrected chi connectivity index (χ3v) is 5.37. The Balaban J connectivity index is 2.21. The topological polar surface area (TPSA) is 110 Å². The summed E-state index contributed by atoms with van der Waals surface area (Å²) < 4.78 is 31.7. The third kappa shape index (κ3) is 2.90. The average molecular weight is 301 g/mol. The number of hydrazine groups is 1. The van der Waals surface area contributed by atoms with Gasteiger partial charge < -0.3 is 4.74 Å². The normalized spacial score (nSPS) is 24.6. The van der Waals surface area contributed by atoms with Gasteiger partial charge in [-0.25, -0.2) is 24.2 Å². The van der Waals surface area contributed by atoms with Crippen LogP contribution < -0.4 is 11.3 Å². The van der Waals surface area contributed by atoms with Gasteiger partial charge in [0.25, 0.3) is 0 Å². The number of piperidine rings is 1. The second-order valence-electron chi connectivity index (χ2n) is 4.79. The molecular weight excluding hydrogens is 282 g/mol. The van der Waals surface area contributed by atoms with Crippen LogP contribution in [0.4, 0.5) is 5.95 Å². The van der Waals surface area contributed by atoms with Crippen molar-refractivity contribution in [1.29, 1.82) is 0 Å². The minimum Gasteiger partial charge on any atom is -0.380 e. The summed E-state index contributed by atoms with van der Waals surface area (Å²) in [6.45, 7) is 2.88. The van der Waals surface area contributed by atoms with Crippen molar-refractivity contribution in [3.05, 3.63) is 12.4 Å². The zero-order valence-corrected chi connectivity index (χ0v) is 12.3. The van der Waals surface area contributed by atoms with Crippen LogP contribution in [0, 0.1) is 5.92 Å². The first-order valence-corrected chi connectivity index (χ1v) is 7.74. The molecule has 0 saturated carbocycles. The van der Waals surface area contributed by atoms with Gasteiger partial charge in [-0.1, -0.05) is 6.92 Å². The molecule has 1 saturated heterocycles. The molecule has 0 spiro atoms. The Morgan fingerprint density at radius 2 is 2.10 bits per heavy atom. The van der Waals surface area contributed by atoms with Gasteiger partial charge >= 0.3 is 0 Å². The molecule has 1 aliphatic rings. The van der Waals surface area contributed by atoms with E-state index in [9.17, 15) is 8.42 Å². The highest BCUT2D eigenvalue weighted by molar-refractivity contribution is 7.89. The molecule has 2 rings (SSSR count). The number of sulfonamides is 1. The van der Waals surface area contributed by atoms with E-state index >= 15 is 0 Å². The average Bonchev–Trinajstić information content (AvgIpc) is 2.47. The number of aromatic nitrogens is 2. The van der Waals surface area contributed by atoms with Crippen LogP contribution >= 0.6 is 0 Å². The van der Waals surface area contributed by atoms with Crippen molar-refractivity contribution in [2.24, 2.45) is 11.8 Å². The first-order chi connectivity index (χ1) is 9.48. The summed E-state index contributed by atoms with van der Waals surface area (Å²) in [5.74, 6) is 5.66. The summed E-state index contributed by atoms with van der Waals surface area (Å²) >= 11 is 0. The van der Waals surface area contributed by atoms with Crippen LogP contribution in [0.15, 0.2) is 17.3 Å². The number of nitrogens with one attached hydrogen (secondary N) is 1. The molecule has 0 aliphatic carbocycles. The quantitative estimate of drug-likeness (QED) is 0.585. The van der Waals surface area contributed by atoms with Gasteiger partial charge in [0.05, 0.1) is 18.5 Å². The molecule has 1 aliphatic heterocycles. The van der Waals surface area contributed by atoms with E-state index in [2.05, 4.69) is 22.3 Å². The number of nitrogen functional groups attached to an aromatic ring is 1. The monoisotopic (exact) mass is 301 g/mol. The van der Waals surface area contributed by atoms with Crippen LogP contribution in [0.25, 0.3) is 0 Å². The van der Waals surface area contributed by atoms with E-state index in [0.29, 0.717) is 19.0 Å². The van der Waals surface area contributed by atoms with E-state index in [4.69, 9.17) is 10.6 Å². The molecule has 8 nitrogen and oxygen atoms in total. The molecule has 0 aromatic carbocycles. The van der Waals surface area contributed by atoms with Crippen LogP contribution in [0.3, 0.4) is 0 Å². The highest BCUT2D eigenvalue weighted by Crippen LogP contribution is 2.24. The second kappa shape index (κ2) is 6.00. The zero-order valence-electron chi connectivity index (χ0n) is 11.5. The summed E-state index contributed by atoms with van der Waals surface area (Å²) in [4.78, 5) is 7.71. The lowest BCUT2D eigenvalue weighted by molar-refractivity contribution is 0.0183. The Morgan fingerprint density at radius 1 is 1.45 bits per heavy atom. The predicted molar refractivity (Wildman–Crippen MR) is 73.2 cm³/mol. The fraction of sp³-hybridized carbons (Fsp3) is 0.636. The molecule has 2 atom stereocenters. The van der Waals surface area contributed by atoms with Crippen LogP contribution in [0.1, 0.15) is 13.3 Å². The van der Waals surface area contributed by atoms with Crippen LogP contribution in [-0.4, -0.2) is 49.0 Å². The molecule has 1 fully saturated rings. The van der Waals surface area contributed by atoms with Crippen molar-refractivity contribution in [3.63, 3.8) is 0 Å². The van der Waals surface area contributed by atoms with Crippen LogP contribution in [0.2, 0.25) is 0 Å². The molecule has 112 valence electrons. The van der Waals surface area contributed by atoms with Gasteiger partial charge in [0.2, 0.25) is 16.0 Å². The Morgan fingerprint density at radius 3 is 2.65 bits per heavy atom. The Kier molecular flexibility index (Phi) is 4.53. The molecular formula is C11H19N5O3S. The standard InChI is InChI=1S/C11H19N5O3S/c1-8-3-4-16(7-10(8)19-2)20(17,18)9-5-13-11(15-12)14-6-9/h5-6,8,10H,3-4,7,12H2,1-2H3,(H,13,14,15). The fourth-order valence-electron chi connectivity index (χ4n) is 2.20. The smallest absolute Gasteiger partial charge is 0.246 e. The molecule has 1 aromatic rings. The van der Waals surface area contributed by atoms with Crippen molar-refractivity contribution >= 4 is 16.0 Å². The van der Waals surface area contributed by atoms with Crippen molar-refractivity contribution < 1.29 is 13.2 Å². The van der Waals surface area contributed by atoms with Gasteiger partial charge in [-0.15, -0.1) is 0 Å². The number of hydrogen-bond donors (Lipinski definition) is 2. The Hall–Kier alpha value is -1.29. The lowest BCUT2D eigenvalue weighted by Crippen LogP contribution is -2.46. The largest absolute Gasteiger partial charge is 0.380 e. The highest BCUT2D eigenvalue weighted by Gasteiger charge is 2.34. The zero-order chi connectivity index (χ0) is 14.8. The summed E-state index contributed by atoms with van der Waals surface area (Å²) in [7, 11) is -1.99. The van der Waals surface area contributed by atoms with E-state index in [-0.39, 0.29) is 16.9 Å². The Labute approximate surface area is 118 Å². The second-order valence-corrected chi connectivity index (χ2v) is 6.73. The molecule has 9 heteroatoms. The van der Waals surface area contributed by atoms with Crippen LogP contribution in [-0.2, 0) is 14.8 Å². The molecule has 2 heterocycles. The third-order valence-electron chi connectivity index (χ3n) is 3.55. The van der Waals surface area contributed by atoms with E-state index in [0.717, 1.165) is 6.42 Å². The summed E-state index contributed by atoms with van der Waals surface area (Å²) in [5.41, 5.74) is 2.26. The van der Waals surface area contributed by atoms with Gasteiger partial charge in [0, 0.05) is 20.2 Å². The maximum atomic E-state index is 12.5. The maximum Gasteiger partial charge on any atom is 0.246 e. The number of anilines is 1. The molecule has 2 unspecified atom stereocenters. The van der Waals surface area contributed by atoms with Crippen molar-refractivity contribution in [1.82, 2.24) is 14.3 Å². The molecule has 20 heavy (non-hydrogen) atoms. The Bertz CT molecular complexity index is 548. The number of ether oxygens (including phenoxy) is 1. The van der Waals surface area contributed by atoms with Gasteiger partial charge in [-0.2, -0.15) is 4.31 Å². The SMILES string of the molecule is COC1CN(S(=O)(=O)c2cnc(NN)nc2)CCC1C. The van der Waals surface area contributed by atoms with Crippen molar-refractivity contribution in [2.75, 3.05) is 25.6 Å². The van der Waals surface area contributed by atoms with E-state index in [1.807, 2.05) is 0 Å². The first-order valence-electron chi connectivity index (χ1n) is 6.30. The molecule has 0 amide bonds. The lowest BCUT2D eigenvalue weighted by Gasteiger charge is -2.35. The lowest BCUT2D eigenvalue weighted by atomic mass is 9.97. The van der Waals surface area contributed by atoms with Gasteiger partial charge in [-0.05, 0) is 12.3 Å². The first kappa shape index (κ1) is 15.1.